The van der Waals surface area contributed by atoms with E-state index in [0.29, 0.717) is 5.56 Å². The van der Waals surface area contributed by atoms with E-state index in [-0.39, 0.29) is 11.5 Å². The van der Waals surface area contributed by atoms with Crippen molar-refractivity contribution in [3.63, 3.8) is 0 Å². The van der Waals surface area contributed by atoms with Crippen molar-refractivity contribution in [2.45, 2.75) is 39.7 Å². The first-order chi connectivity index (χ1) is 8.90. The van der Waals surface area contributed by atoms with E-state index in [4.69, 9.17) is 0 Å². The van der Waals surface area contributed by atoms with Crippen LogP contribution in [0.4, 0.5) is 0 Å². The van der Waals surface area contributed by atoms with E-state index in [1.807, 2.05) is 6.92 Å². The summed E-state index contributed by atoms with van der Waals surface area (Å²) in [7, 11) is 0. The van der Waals surface area contributed by atoms with Crippen LogP contribution in [0.2, 0.25) is 0 Å². The second-order valence-corrected chi connectivity index (χ2v) is 5.00. The van der Waals surface area contributed by atoms with E-state index in [2.05, 4.69) is 19.9 Å². The second-order valence-electron chi connectivity index (χ2n) is 5.00. The second kappa shape index (κ2) is 7.00. The van der Waals surface area contributed by atoms with Gasteiger partial charge in [-0.15, -0.1) is 0 Å². The molecule has 0 radical (unpaired) electrons. The van der Waals surface area contributed by atoms with E-state index in [9.17, 15) is 15.3 Å². The fraction of sp³-hybridized carbons (Fsp3) is 0.375. The molecular formula is C16H21O3-. The number of phenols is 2. The lowest BCUT2D eigenvalue weighted by Crippen LogP contribution is -2.13. The van der Waals surface area contributed by atoms with E-state index in [1.165, 1.54) is 23.8 Å². The highest BCUT2D eigenvalue weighted by Crippen LogP contribution is 2.27. The summed E-state index contributed by atoms with van der Waals surface area (Å²) in [5.74, 6) is -0.464. The highest BCUT2D eigenvalue weighted by molar-refractivity contribution is 5.41. The molecule has 1 aromatic rings. The van der Waals surface area contributed by atoms with Crippen LogP contribution in [-0.2, 0) is 0 Å². The summed E-state index contributed by atoms with van der Waals surface area (Å²) >= 11 is 0. The number of rotatable bonds is 5. The van der Waals surface area contributed by atoms with Crippen LogP contribution in [0.3, 0.4) is 0 Å². The van der Waals surface area contributed by atoms with Gasteiger partial charge in [0.15, 0.2) is 11.5 Å². The van der Waals surface area contributed by atoms with Gasteiger partial charge in [-0.05, 0) is 45.7 Å². The molecule has 0 heterocycles. The van der Waals surface area contributed by atoms with Crippen LogP contribution in [0.25, 0.3) is 0 Å². The summed E-state index contributed by atoms with van der Waals surface area (Å²) in [5.41, 5.74) is 2.76. The standard InChI is InChI=1S/C16H21O3/c1-11(2)5-4-6-12(3)9-15(18)13-7-8-14(17)16(19)10-13/h5,7-10,15,17,19H,4,6H2,1-3H3/q-1/b12-9+. The maximum atomic E-state index is 12.0. The predicted octanol–water partition coefficient (Wildman–Crippen LogP) is 3.19. The number of aromatic hydroxyl groups is 2. The van der Waals surface area contributed by atoms with Crippen LogP contribution < -0.4 is 5.11 Å². The Balaban J connectivity index is 2.69. The molecule has 1 unspecified atom stereocenters. The van der Waals surface area contributed by atoms with E-state index in [1.54, 1.807) is 6.08 Å². The lowest BCUT2D eigenvalue weighted by Gasteiger charge is -2.20. The molecule has 0 spiro atoms. The van der Waals surface area contributed by atoms with Crippen molar-refractivity contribution in [2.75, 3.05) is 0 Å². The number of benzene rings is 1. The zero-order valence-electron chi connectivity index (χ0n) is 11.7. The van der Waals surface area contributed by atoms with Gasteiger partial charge < -0.3 is 15.3 Å². The van der Waals surface area contributed by atoms with Crippen LogP contribution in [0.1, 0.15) is 45.3 Å². The van der Waals surface area contributed by atoms with E-state index >= 15 is 0 Å². The summed E-state index contributed by atoms with van der Waals surface area (Å²) in [5, 5.41) is 30.6. The Kier molecular flexibility index (Phi) is 5.64. The van der Waals surface area contributed by atoms with Crippen LogP contribution in [0.15, 0.2) is 41.5 Å². The Morgan fingerprint density at radius 1 is 1.21 bits per heavy atom. The van der Waals surface area contributed by atoms with Crippen molar-refractivity contribution in [1.82, 2.24) is 0 Å². The van der Waals surface area contributed by atoms with Gasteiger partial charge in [0.25, 0.3) is 0 Å². The highest BCUT2D eigenvalue weighted by atomic mass is 16.3. The molecule has 2 N–H and O–H groups in total. The molecule has 104 valence electrons. The highest BCUT2D eigenvalue weighted by Gasteiger charge is 2.02. The number of allylic oxidation sites excluding steroid dienone is 3. The minimum absolute atomic E-state index is 0.208. The number of hydrogen-bond donors (Lipinski definition) is 2. The molecule has 0 amide bonds. The van der Waals surface area contributed by atoms with Crippen LogP contribution in [0.5, 0.6) is 11.5 Å². The maximum Gasteiger partial charge on any atom is 0.157 e. The largest absolute Gasteiger partial charge is 0.846 e. The van der Waals surface area contributed by atoms with Gasteiger partial charge in [0.1, 0.15) is 0 Å². The maximum absolute atomic E-state index is 12.0. The van der Waals surface area contributed by atoms with Gasteiger partial charge in [-0.3, -0.25) is 0 Å². The lowest BCUT2D eigenvalue weighted by molar-refractivity contribution is -0.409. The Morgan fingerprint density at radius 2 is 1.89 bits per heavy atom. The molecule has 1 aromatic carbocycles. The average molecular weight is 261 g/mol. The van der Waals surface area contributed by atoms with Crippen molar-refractivity contribution >= 4 is 0 Å². The minimum Gasteiger partial charge on any atom is -0.846 e. The van der Waals surface area contributed by atoms with E-state index in [0.717, 1.165) is 18.4 Å². The van der Waals surface area contributed by atoms with Gasteiger partial charge in [0.2, 0.25) is 0 Å². The number of hydrogen-bond acceptors (Lipinski definition) is 3. The van der Waals surface area contributed by atoms with Crippen LogP contribution in [-0.4, -0.2) is 10.2 Å². The molecule has 0 bridgehead atoms. The van der Waals surface area contributed by atoms with Crippen LogP contribution in [0, 0.1) is 0 Å². The smallest absolute Gasteiger partial charge is 0.157 e. The Labute approximate surface area is 114 Å². The zero-order valence-corrected chi connectivity index (χ0v) is 11.7. The predicted molar refractivity (Wildman–Crippen MR) is 74.9 cm³/mol. The molecule has 0 saturated heterocycles. The molecule has 3 nitrogen and oxygen atoms in total. The third-order valence-corrected chi connectivity index (χ3v) is 2.86. The summed E-state index contributed by atoms with van der Waals surface area (Å²) in [6.45, 7) is 6.04. The summed E-state index contributed by atoms with van der Waals surface area (Å²) < 4.78 is 0. The molecule has 0 fully saturated rings. The SMILES string of the molecule is CC(C)=CCC/C(C)=C/C([O-])c1ccc(O)c(O)c1. The first-order valence-corrected chi connectivity index (χ1v) is 6.38. The molecule has 19 heavy (non-hydrogen) atoms. The normalized spacial score (nSPS) is 13.2. The van der Waals surface area contributed by atoms with Crippen molar-refractivity contribution in [1.29, 1.82) is 0 Å². The van der Waals surface area contributed by atoms with Gasteiger partial charge in [-0.25, -0.2) is 0 Å². The molecule has 0 saturated carbocycles. The molecule has 1 atom stereocenters. The summed E-state index contributed by atoms with van der Waals surface area (Å²) in [6, 6.07) is 4.18. The Morgan fingerprint density at radius 3 is 2.47 bits per heavy atom. The lowest BCUT2D eigenvalue weighted by atomic mass is 10.0. The van der Waals surface area contributed by atoms with Crippen LogP contribution >= 0.6 is 0 Å². The van der Waals surface area contributed by atoms with Crippen molar-refractivity contribution in [3.05, 3.63) is 47.1 Å². The first kappa shape index (κ1) is 15.3. The minimum atomic E-state index is -1.02. The molecule has 0 aliphatic heterocycles. The summed E-state index contributed by atoms with van der Waals surface area (Å²) in [4.78, 5) is 0. The molecular weight excluding hydrogens is 240 g/mol. The zero-order chi connectivity index (χ0) is 14.4. The Hall–Kier alpha value is -1.74. The van der Waals surface area contributed by atoms with Gasteiger partial charge in [-0.1, -0.05) is 41.0 Å². The Bertz CT molecular complexity index is 483. The van der Waals surface area contributed by atoms with E-state index < -0.39 is 6.10 Å². The van der Waals surface area contributed by atoms with Gasteiger partial charge in [-0.2, -0.15) is 0 Å². The molecule has 0 aliphatic rings. The van der Waals surface area contributed by atoms with Crippen molar-refractivity contribution in [3.8, 4) is 11.5 Å². The quantitative estimate of drug-likeness (QED) is 0.632. The fourth-order valence-electron chi connectivity index (χ4n) is 1.74. The topological polar surface area (TPSA) is 63.5 Å². The monoisotopic (exact) mass is 261 g/mol. The molecule has 0 aromatic heterocycles. The van der Waals surface area contributed by atoms with Gasteiger partial charge >= 0.3 is 0 Å². The fourth-order valence-corrected chi connectivity index (χ4v) is 1.74. The molecule has 0 aliphatic carbocycles. The summed E-state index contributed by atoms with van der Waals surface area (Å²) in [6.07, 6.45) is 4.57. The molecule has 1 rings (SSSR count). The van der Waals surface area contributed by atoms with Gasteiger partial charge in [0.05, 0.1) is 0 Å². The molecule has 3 heteroatoms. The van der Waals surface area contributed by atoms with Crippen molar-refractivity contribution < 1.29 is 15.3 Å². The first-order valence-electron chi connectivity index (χ1n) is 6.38. The number of phenolic OH excluding ortho intramolecular Hbond substituents is 2. The van der Waals surface area contributed by atoms with Crippen molar-refractivity contribution in [2.24, 2.45) is 0 Å². The van der Waals surface area contributed by atoms with Gasteiger partial charge in [0, 0.05) is 0 Å². The third kappa shape index (κ3) is 5.18. The average Bonchev–Trinajstić information content (AvgIpc) is 2.32. The third-order valence-electron chi connectivity index (χ3n) is 2.86.